The van der Waals surface area contributed by atoms with Crippen LogP contribution in [0, 0.1) is 0 Å². The van der Waals surface area contributed by atoms with E-state index in [1.807, 2.05) is 89.8 Å². The fraction of sp³-hybridized carbons (Fsp3) is 0. The first-order valence-electron chi connectivity index (χ1n) is 7.47. The molecule has 0 N–H and O–H groups in total. The monoisotopic (exact) mass is 299 g/mol. The number of para-hydroxylation sites is 2. The SMILES string of the molecule is C=CN(c1ccccc1)c1ccccc1C(=O)c1ccccc1. The Morgan fingerprint density at radius 1 is 0.783 bits per heavy atom. The molecule has 3 aromatic rings. The molecule has 2 nitrogen and oxygen atoms in total. The number of hydrogen-bond acceptors (Lipinski definition) is 2. The zero-order chi connectivity index (χ0) is 16.1. The van der Waals surface area contributed by atoms with E-state index in [2.05, 4.69) is 6.58 Å². The second-order valence-corrected chi connectivity index (χ2v) is 5.10. The van der Waals surface area contributed by atoms with Crippen molar-refractivity contribution in [2.24, 2.45) is 0 Å². The Bertz CT molecular complexity index is 810. The lowest BCUT2D eigenvalue weighted by Crippen LogP contribution is -2.13. The number of nitrogens with zero attached hydrogens (tertiary/aromatic N) is 1. The summed E-state index contributed by atoms with van der Waals surface area (Å²) < 4.78 is 0. The molecule has 0 saturated carbocycles. The molecule has 0 amide bonds. The Labute approximate surface area is 136 Å². The van der Waals surface area contributed by atoms with Crippen LogP contribution in [-0.4, -0.2) is 5.78 Å². The first kappa shape index (κ1) is 14.8. The van der Waals surface area contributed by atoms with Crippen LogP contribution in [0.5, 0.6) is 0 Å². The van der Waals surface area contributed by atoms with Crippen LogP contribution in [0.2, 0.25) is 0 Å². The first-order chi connectivity index (χ1) is 11.3. The Morgan fingerprint density at radius 2 is 1.35 bits per heavy atom. The third-order valence-corrected chi connectivity index (χ3v) is 3.66. The van der Waals surface area contributed by atoms with E-state index >= 15 is 0 Å². The molecule has 0 aliphatic carbocycles. The lowest BCUT2D eigenvalue weighted by atomic mass is 10.0. The molecule has 3 rings (SSSR count). The van der Waals surface area contributed by atoms with Gasteiger partial charge in [0.15, 0.2) is 5.78 Å². The fourth-order valence-electron chi connectivity index (χ4n) is 2.55. The lowest BCUT2D eigenvalue weighted by Gasteiger charge is -2.22. The summed E-state index contributed by atoms with van der Waals surface area (Å²) in [5.41, 5.74) is 3.12. The Balaban J connectivity index is 2.07. The maximum absolute atomic E-state index is 12.9. The summed E-state index contributed by atoms with van der Waals surface area (Å²) >= 11 is 0. The first-order valence-corrected chi connectivity index (χ1v) is 7.47. The number of anilines is 2. The minimum absolute atomic E-state index is 0.00369. The van der Waals surface area contributed by atoms with E-state index in [0.29, 0.717) is 11.1 Å². The lowest BCUT2D eigenvalue weighted by molar-refractivity contribution is 0.103. The number of benzene rings is 3. The largest absolute Gasteiger partial charge is 0.317 e. The predicted molar refractivity (Wildman–Crippen MR) is 95.1 cm³/mol. The molecule has 112 valence electrons. The highest BCUT2D eigenvalue weighted by molar-refractivity contribution is 6.12. The second kappa shape index (κ2) is 6.75. The third-order valence-electron chi connectivity index (χ3n) is 3.66. The predicted octanol–water partition coefficient (Wildman–Crippen LogP) is 5.20. The fourth-order valence-corrected chi connectivity index (χ4v) is 2.55. The molecule has 3 aromatic carbocycles. The summed E-state index contributed by atoms with van der Waals surface area (Å²) in [6.07, 6.45) is 1.73. The number of carbonyl (C=O) groups is 1. The highest BCUT2D eigenvalue weighted by Gasteiger charge is 2.17. The summed E-state index contributed by atoms with van der Waals surface area (Å²) in [6, 6.07) is 26.8. The molecule has 0 spiro atoms. The van der Waals surface area contributed by atoms with Crippen LogP contribution < -0.4 is 4.90 Å². The van der Waals surface area contributed by atoms with Crippen molar-refractivity contribution in [3.05, 3.63) is 109 Å². The van der Waals surface area contributed by atoms with Gasteiger partial charge in [-0.15, -0.1) is 0 Å². The van der Waals surface area contributed by atoms with Crippen LogP contribution in [0.25, 0.3) is 0 Å². The Hall–Kier alpha value is -3.13. The molecular formula is C21H17NO. The molecule has 0 fully saturated rings. The summed E-state index contributed by atoms with van der Waals surface area (Å²) in [6.45, 7) is 3.90. The van der Waals surface area contributed by atoms with E-state index in [0.717, 1.165) is 11.4 Å². The van der Waals surface area contributed by atoms with Crippen molar-refractivity contribution in [3.8, 4) is 0 Å². The summed E-state index contributed by atoms with van der Waals surface area (Å²) in [7, 11) is 0. The average Bonchev–Trinajstić information content (AvgIpc) is 2.64. The standard InChI is InChI=1S/C21H17NO/c1-2-22(18-13-7-4-8-14-18)20-16-10-9-15-19(20)21(23)17-11-5-3-6-12-17/h2-16H,1H2. The molecule has 0 aromatic heterocycles. The van der Waals surface area contributed by atoms with Gasteiger partial charge in [-0.1, -0.05) is 67.2 Å². The van der Waals surface area contributed by atoms with Gasteiger partial charge in [0.05, 0.1) is 5.69 Å². The van der Waals surface area contributed by atoms with Gasteiger partial charge in [0.2, 0.25) is 0 Å². The van der Waals surface area contributed by atoms with E-state index in [1.54, 1.807) is 6.20 Å². The van der Waals surface area contributed by atoms with E-state index in [1.165, 1.54) is 0 Å². The van der Waals surface area contributed by atoms with E-state index in [4.69, 9.17) is 0 Å². The topological polar surface area (TPSA) is 20.3 Å². The average molecular weight is 299 g/mol. The van der Waals surface area contributed by atoms with Crippen LogP contribution in [-0.2, 0) is 0 Å². The van der Waals surface area contributed by atoms with Gasteiger partial charge < -0.3 is 4.90 Å². The van der Waals surface area contributed by atoms with E-state index in [-0.39, 0.29) is 5.78 Å². The molecule has 0 radical (unpaired) electrons. The molecule has 23 heavy (non-hydrogen) atoms. The van der Waals surface area contributed by atoms with Crippen molar-refractivity contribution < 1.29 is 4.79 Å². The van der Waals surface area contributed by atoms with Crippen molar-refractivity contribution in [1.29, 1.82) is 0 Å². The second-order valence-electron chi connectivity index (χ2n) is 5.10. The molecular weight excluding hydrogens is 282 g/mol. The molecule has 0 aliphatic heterocycles. The van der Waals surface area contributed by atoms with Crippen LogP contribution >= 0.6 is 0 Å². The van der Waals surface area contributed by atoms with Gasteiger partial charge in [0, 0.05) is 23.0 Å². The van der Waals surface area contributed by atoms with Crippen molar-refractivity contribution in [2.45, 2.75) is 0 Å². The quantitative estimate of drug-likeness (QED) is 0.604. The number of ketones is 1. The minimum Gasteiger partial charge on any atom is -0.317 e. The molecule has 0 bridgehead atoms. The number of hydrogen-bond donors (Lipinski definition) is 0. The van der Waals surface area contributed by atoms with Gasteiger partial charge in [-0.3, -0.25) is 4.79 Å². The zero-order valence-electron chi connectivity index (χ0n) is 12.7. The summed E-state index contributed by atoms with van der Waals surface area (Å²) in [4.78, 5) is 14.8. The van der Waals surface area contributed by atoms with Crippen LogP contribution in [0.15, 0.2) is 97.7 Å². The normalized spacial score (nSPS) is 10.1. The van der Waals surface area contributed by atoms with Crippen LogP contribution in [0.4, 0.5) is 11.4 Å². The van der Waals surface area contributed by atoms with Gasteiger partial charge in [-0.2, -0.15) is 0 Å². The number of rotatable bonds is 5. The summed E-state index contributed by atoms with van der Waals surface area (Å²) in [5.74, 6) is 0.00369. The van der Waals surface area contributed by atoms with Crippen LogP contribution in [0.1, 0.15) is 15.9 Å². The van der Waals surface area contributed by atoms with Gasteiger partial charge in [0.1, 0.15) is 0 Å². The maximum Gasteiger partial charge on any atom is 0.195 e. The smallest absolute Gasteiger partial charge is 0.195 e. The maximum atomic E-state index is 12.9. The van der Waals surface area contributed by atoms with Crippen molar-refractivity contribution in [1.82, 2.24) is 0 Å². The molecule has 0 unspecified atom stereocenters. The molecule has 2 heteroatoms. The molecule has 0 atom stereocenters. The number of carbonyl (C=O) groups excluding carboxylic acids is 1. The Morgan fingerprint density at radius 3 is 2.00 bits per heavy atom. The van der Waals surface area contributed by atoms with Crippen molar-refractivity contribution in [3.63, 3.8) is 0 Å². The van der Waals surface area contributed by atoms with Crippen molar-refractivity contribution in [2.75, 3.05) is 4.90 Å². The summed E-state index contributed by atoms with van der Waals surface area (Å²) in [5, 5.41) is 0. The minimum atomic E-state index is 0.00369. The molecule has 0 saturated heterocycles. The van der Waals surface area contributed by atoms with Gasteiger partial charge in [-0.25, -0.2) is 0 Å². The highest BCUT2D eigenvalue weighted by atomic mass is 16.1. The third kappa shape index (κ3) is 3.06. The van der Waals surface area contributed by atoms with Crippen molar-refractivity contribution >= 4 is 17.2 Å². The van der Waals surface area contributed by atoms with Gasteiger partial charge in [0.25, 0.3) is 0 Å². The Kier molecular flexibility index (Phi) is 4.34. The zero-order valence-corrected chi connectivity index (χ0v) is 12.7. The van der Waals surface area contributed by atoms with E-state index < -0.39 is 0 Å². The van der Waals surface area contributed by atoms with Gasteiger partial charge >= 0.3 is 0 Å². The van der Waals surface area contributed by atoms with Crippen LogP contribution in [0.3, 0.4) is 0 Å². The molecule has 0 heterocycles. The highest BCUT2D eigenvalue weighted by Crippen LogP contribution is 2.30. The van der Waals surface area contributed by atoms with Gasteiger partial charge in [-0.05, 0) is 24.3 Å². The molecule has 0 aliphatic rings. The van der Waals surface area contributed by atoms with E-state index in [9.17, 15) is 4.79 Å².